The zero-order valence-electron chi connectivity index (χ0n) is 17.7. The lowest BCUT2D eigenvalue weighted by molar-refractivity contribution is -0.149. The maximum atomic E-state index is 14.3. The molecule has 3 rings (SSSR count). The summed E-state index contributed by atoms with van der Waals surface area (Å²) in [4.78, 5) is 17.4. The second-order valence-corrected chi connectivity index (χ2v) is 7.88. The van der Waals surface area contributed by atoms with E-state index >= 15 is 0 Å². The predicted octanol–water partition coefficient (Wildman–Crippen LogP) is 3.42. The van der Waals surface area contributed by atoms with Crippen LogP contribution in [0, 0.1) is 17.0 Å². The Morgan fingerprint density at radius 2 is 1.80 bits per heavy atom. The van der Waals surface area contributed by atoms with Gasteiger partial charge in [-0.25, -0.2) is 8.78 Å². The number of methoxy groups -OCH3 is 1. The number of amides is 1. The molecule has 1 aromatic rings. The van der Waals surface area contributed by atoms with Gasteiger partial charge in [0.05, 0.1) is 12.0 Å². The Labute approximate surface area is 190 Å². The summed E-state index contributed by atoms with van der Waals surface area (Å²) in [7, 11) is 1.65. The number of piperazine rings is 1. The van der Waals surface area contributed by atoms with Crippen molar-refractivity contribution >= 4 is 30.7 Å². The fourth-order valence-corrected chi connectivity index (χ4v) is 4.62. The van der Waals surface area contributed by atoms with E-state index < -0.39 is 17.0 Å². The van der Waals surface area contributed by atoms with Gasteiger partial charge in [-0.2, -0.15) is 0 Å². The lowest BCUT2D eigenvalue weighted by atomic mass is 9.78. The summed E-state index contributed by atoms with van der Waals surface area (Å²) in [5.74, 6) is -0.882. The highest BCUT2D eigenvalue weighted by atomic mass is 35.5. The highest BCUT2D eigenvalue weighted by molar-refractivity contribution is 5.85. The fourth-order valence-electron chi connectivity index (χ4n) is 4.62. The highest BCUT2D eigenvalue weighted by Crippen LogP contribution is 2.33. The quantitative estimate of drug-likeness (QED) is 0.695. The topological polar surface area (TPSA) is 44.8 Å². The average molecular weight is 468 g/mol. The molecule has 2 heterocycles. The number of hydrogen-bond donors (Lipinski definition) is 1. The van der Waals surface area contributed by atoms with Gasteiger partial charge in [-0.3, -0.25) is 9.69 Å². The van der Waals surface area contributed by atoms with E-state index in [0.29, 0.717) is 38.3 Å². The first-order chi connectivity index (χ1) is 13.5. The molecule has 9 heteroatoms. The van der Waals surface area contributed by atoms with Gasteiger partial charge in [0.25, 0.3) is 0 Å². The van der Waals surface area contributed by atoms with E-state index in [-0.39, 0.29) is 36.8 Å². The predicted molar refractivity (Wildman–Crippen MR) is 118 cm³/mol. The van der Waals surface area contributed by atoms with E-state index in [1.54, 1.807) is 13.2 Å². The number of carbonyl (C=O) groups excluding carboxylic acids is 1. The third-order valence-electron chi connectivity index (χ3n) is 6.19. The molecule has 5 nitrogen and oxygen atoms in total. The molecule has 0 aromatic heterocycles. The standard InChI is InChI=1S/C21H31F2N3O2.2ClH/c1-3-19(17-5-4-16(22)14-18(17)23)25-10-12-26(13-11-25)20(27)21(15-28-2)6-8-24-9-7-21;;/h4-5,14,19,24H,3,6-13,15H2,1-2H3;2*1H. The molecule has 0 aliphatic carbocycles. The molecule has 2 saturated heterocycles. The summed E-state index contributed by atoms with van der Waals surface area (Å²) in [6, 6.07) is 3.69. The monoisotopic (exact) mass is 467 g/mol. The van der Waals surface area contributed by atoms with Gasteiger partial charge in [0.1, 0.15) is 11.6 Å². The second-order valence-electron chi connectivity index (χ2n) is 7.88. The molecule has 30 heavy (non-hydrogen) atoms. The lowest BCUT2D eigenvalue weighted by Gasteiger charge is -2.44. The van der Waals surface area contributed by atoms with Crippen molar-refractivity contribution in [2.45, 2.75) is 32.2 Å². The van der Waals surface area contributed by atoms with Crippen LogP contribution in [0.25, 0.3) is 0 Å². The van der Waals surface area contributed by atoms with E-state index in [1.165, 1.54) is 6.07 Å². The largest absolute Gasteiger partial charge is 0.384 e. The number of benzene rings is 1. The van der Waals surface area contributed by atoms with Crippen molar-refractivity contribution in [1.29, 1.82) is 0 Å². The first-order valence-electron chi connectivity index (χ1n) is 10.2. The summed E-state index contributed by atoms with van der Waals surface area (Å²) in [6.07, 6.45) is 2.31. The van der Waals surface area contributed by atoms with Crippen LogP contribution < -0.4 is 5.32 Å². The highest BCUT2D eigenvalue weighted by Gasteiger charge is 2.43. The minimum Gasteiger partial charge on any atom is -0.384 e. The normalized spacial score (nSPS) is 20.1. The Balaban J connectivity index is 0.00000225. The molecular weight excluding hydrogens is 435 g/mol. The van der Waals surface area contributed by atoms with Crippen molar-refractivity contribution in [3.05, 3.63) is 35.4 Å². The van der Waals surface area contributed by atoms with Crippen LogP contribution in [0.15, 0.2) is 18.2 Å². The van der Waals surface area contributed by atoms with Crippen LogP contribution in [0.2, 0.25) is 0 Å². The van der Waals surface area contributed by atoms with Gasteiger partial charge in [0.15, 0.2) is 0 Å². The van der Waals surface area contributed by atoms with Crippen LogP contribution in [0.5, 0.6) is 0 Å². The van der Waals surface area contributed by atoms with Crippen molar-refractivity contribution in [2.24, 2.45) is 5.41 Å². The number of rotatable bonds is 6. The summed E-state index contributed by atoms with van der Waals surface area (Å²) in [6.45, 7) is 6.73. The molecule has 2 aliphatic heterocycles. The van der Waals surface area contributed by atoms with Gasteiger partial charge in [-0.05, 0) is 38.4 Å². The molecule has 1 N–H and O–H groups in total. The molecule has 2 aliphatic rings. The summed E-state index contributed by atoms with van der Waals surface area (Å²) >= 11 is 0. The second kappa shape index (κ2) is 12.2. The maximum Gasteiger partial charge on any atom is 0.231 e. The van der Waals surface area contributed by atoms with Crippen molar-refractivity contribution in [3.8, 4) is 0 Å². The molecule has 0 saturated carbocycles. The van der Waals surface area contributed by atoms with Gasteiger partial charge >= 0.3 is 0 Å². The third-order valence-corrected chi connectivity index (χ3v) is 6.19. The Hall–Kier alpha value is -0.990. The Morgan fingerprint density at radius 1 is 1.17 bits per heavy atom. The minimum atomic E-state index is -0.558. The van der Waals surface area contributed by atoms with Crippen molar-refractivity contribution in [2.75, 3.05) is 53.0 Å². The van der Waals surface area contributed by atoms with E-state index in [1.807, 2.05) is 11.8 Å². The summed E-state index contributed by atoms with van der Waals surface area (Å²) < 4.78 is 32.9. The number of piperidine rings is 1. The van der Waals surface area contributed by atoms with Crippen LogP contribution >= 0.6 is 24.8 Å². The van der Waals surface area contributed by atoms with Gasteiger partial charge in [0, 0.05) is 51.0 Å². The molecule has 1 amide bonds. The molecule has 0 radical (unpaired) electrons. The van der Waals surface area contributed by atoms with E-state index in [0.717, 1.165) is 38.4 Å². The third kappa shape index (κ3) is 5.82. The molecule has 0 bridgehead atoms. The molecule has 1 aromatic carbocycles. The first kappa shape index (κ1) is 27.0. The minimum absolute atomic E-state index is 0. The van der Waals surface area contributed by atoms with E-state index in [4.69, 9.17) is 4.74 Å². The SMILES string of the molecule is CCC(c1ccc(F)cc1F)N1CCN(C(=O)C2(COC)CCNCC2)CC1.Cl.Cl. The van der Waals surface area contributed by atoms with Crippen LogP contribution in [0.1, 0.15) is 37.8 Å². The van der Waals surface area contributed by atoms with Crippen LogP contribution in [-0.2, 0) is 9.53 Å². The van der Waals surface area contributed by atoms with Crippen LogP contribution in [-0.4, -0.2) is 68.7 Å². The van der Waals surface area contributed by atoms with Gasteiger partial charge in [-0.1, -0.05) is 13.0 Å². The first-order valence-corrected chi connectivity index (χ1v) is 10.2. The smallest absolute Gasteiger partial charge is 0.231 e. The summed E-state index contributed by atoms with van der Waals surface area (Å²) in [5, 5.41) is 3.32. The fraction of sp³-hybridized carbons (Fsp3) is 0.667. The molecular formula is C21H33Cl2F2N3O2. The molecule has 0 spiro atoms. The molecule has 1 unspecified atom stereocenters. The summed E-state index contributed by atoms with van der Waals surface area (Å²) in [5.41, 5.74) is 0.0907. The van der Waals surface area contributed by atoms with Crippen molar-refractivity contribution in [1.82, 2.24) is 15.1 Å². The Bertz CT molecular complexity index is 677. The number of hydrogen-bond acceptors (Lipinski definition) is 4. The zero-order valence-corrected chi connectivity index (χ0v) is 19.3. The van der Waals surface area contributed by atoms with E-state index in [2.05, 4.69) is 10.2 Å². The number of ether oxygens (including phenoxy) is 1. The zero-order chi connectivity index (χ0) is 20.1. The average Bonchev–Trinajstić information content (AvgIpc) is 2.71. The molecule has 172 valence electrons. The van der Waals surface area contributed by atoms with E-state index in [9.17, 15) is 13.6 Å². The maximum absolute atomic E-state index is 14.3. The number of halogens is 4. The van der Waals surface area contributed by atoms with Gasteiger partial charge in [-0.15, -0.1) is 24.8 Å². The van der Waals surface area contributed by atoms with Crippen LogP contribution in [0.3, 0.4) is 0 Å². The van der Waals surface area contributed by atoms with Crippen molar-refractivity contribution < 1.29 is 18.3 Å². The number of nitrogens with zero attached hydrogens (tertiary/aromatic N) is 2. The van der Waals surface area contributed by atoms with Crippen molar-refractivity contribution in [3.63, 3.8) is 0 Å². The van der Waals surface area contributed by atoms with Crippen LogP contribution in [0.4, 0.5) is 8.78 Å². The number of carbonyl (C=O) groups is 1. The number of nitrogens with one attached hydrogen (secondary N) is 1. The van der Waals surface area contributed by atoms with Gasteiger partial charge in [0.2, 0.25) is 5.91 Å². The Kier molecular flexibility index (Phi) is 11.0. The molecule has 2 fully saturated rings. The lowest BCUT2D eigenvalue weighted by Crippen LogP contribution is -2.56. The Morgan fingerprint density at radius 3 is 2.33 bits per heavy atom. The molecule has 1 atom stereocenters. The van der Waals surface area contributed by atoms with Gasteiger partial charge < -0.3 is 15.0 Å².